The van der Waals surface area contributed by atoms with E-state index in [1.807, 2.05) is 43.3 Å². The van der Waals surface area contributed by atoms with Crippen LogP contribution in [-0.4, -0.2) is 34.5 Å². The molecule has 7 heteroatoms. The number of hydrogen-bond donors (Lipinski definition) is 1. The number of nitrogens with one attached hydrogen (secondary N) is 1. The Morgan fingerprint density at radius 3 is 2.28 bits per heavy atom. The second-order valence-corrected chi connectivity index (χ2v) is 9.29. The first-order valence-electron chi connectivity index (χ1n) is 10.4. The third-order valence-electron chi connectivity index (χ3n) is 5.08. The summed E-state index contributed by atoms with van der Waals surface area (Å²) in [7, 11) is -2.26. The van der Waals surface area contributed by atoms with E-state index in [0.29, 0.717) is 18.7 Å². The lowest BCUT2D eigenvalue weighted by Gasteiger charge is -2.24. The molecule has 0 atom stereocenters. The Bertz CT molecular complexity index is 1130. The molecule has 1 N–H and O–H groups in total. The van der Waals surface area contributed by atoms with Crippen LogP contribution in [0, 0.1) is 6.92 Å². The molecule has 0 saturated heterocycles. The molecular weight excluding hydrogens is 424 g/mol. The van der Waals surface area contributed by atoms with Crippen molar-refractivity contribution in [1.29, 1.82) is 0 Å². The average Bonchev–Trinajstić information content (AvgIpc) is 2.81. The van der Waals surface area contributed by atoms with Gasteiger partial charge in [0.15, 0.2) is 0 Å². The number of sulfonamides is 1. The molecule has 0 aliphatic carbocycles. The maximum absolute atomic E-state index is 13.3. The van der Waals surface area contributed by atoms with Gasteiger partial charge in [0, 0.05) is 6.54 Å². The van der Waals surface area contributed by atoms with Crippen molar-refractivity contribution >= 4 is 21.6 Å². The van der Waals surface area contributed by atoms with Gasteiger partial charge in [-0.2, -0.15) is 0 Å². The fourth-order valence-corrected chi connectivity index (χ4v) is 4.79. The van der Waals surface area contributed by atoms with Gasteiger partial charge in [-0.3, -0.25) is 9.10 Å². The first-order chi connectivity index (χ1) is 15.4. The smallest absolute Gasteiger partial charge is 0.264 e. The predicted molar refractivity (Wildman–Crippen MR) is 126 cm³/mol. The minimum atomic E-state index is -3.89. The number of aryl methyl sites for hydroxylation is 2. The van der Waals surface area contributed by atoms with Gasteiger partial charge in [-0.15, -0.1) is 0 Å². The van der Waals surface area contributed by atoms with Crippen LogP contribution in [0.15, 0.2) is 83.8 Å². The summed E-state index contributed by atoms with van der Waals surface area (Å²) in [5.74, 6) is 0.462. The van der Waals surface area contributed by atoms with Gasteiger partial charge in [0.1, 0.15) is 12.3 Å². The van der Waals surface area contributed by atoms with E-state index in [2.05, 4.69) is 5.32 Å². The van der Waals surface area contributed by atoms with E-state index in [1.165, 1.54) is 12.1 Å². The van der Waals surface area contributed by atoms with Crippen LogP contribution in [0.1, 0.15) is 17.5 Å². The lowest BCUT2D eigenvalue weighted by molar-refractivity contribution is -0.119. The molecule has 6 nitrogen and oxygen atoms in total. The van der Waals surface area contributed by atoms with E-state index in [9.17, 15) is 13.2 Å². The van der Waals surface area contributed by atoms with Gasteiger partial charge in [-0.05, 0) is 55.7 Å². The molecule has 32 heavy (non-hydrogen) atoms. The molecule has 0 aromatic heterocycles. The number of amides is 1. The Hall–Kier alpha value is -3.32. The van der Waals surface area contributed by atoms with Crippen LogP contribution >= 0.6 is 0 Å². The number of para-hydroxylation sites is 1. The second kappa shape index (κ2) is 10.8. The van der Waals surface area contributed by atoms with Crippen LogP contribution < -0.4 is 14.4 Å². The first kappa shape index (κ1) is 23.3. The van der Waals surface area contributed by atoms with Crippen LogP contribution in [0.25, 0.3) is 0 Å². The highest BCUT2D eigenvalue weighted by atomic mass is 32.2. The monoisotopic (exact) mass is 452 g/mol. The highest BCUT2D eigenvalue weighted by Crippen LogP contribution is 2.24. The molecule has 0 saturated carbocycles. The van der Waals surface area contributed by atoms with Gasteiger partial charge in [0.2, 0.25) is 5.91 Å². The number of hydrogen-bond acceptors (Lipinski definition) is 4. The quantitative estimate of drug-likeness (QED) is 0.473. The SMILES string of the molecule is COc1ccccc1CCCNC(=O)CN(c1ccc(C)cc1)S(=O)(=O)c1ccccc1. The number of methoxy groups -OCH3 is 1. The van der Waals surface area contributed by atoms with Crippen molar-refractivity contribution in [2.45, 2.75) is 24.7 Å². The number of carbonyl (C=O) groups is 1. The third kappa shape index (κ3) is 5.88. The highest BCUT2D eigenvalue weighted by molar-refractivity contribution is 7.92. The summed E-state index contributed by atoms with van der Waals surface area (Å²) in [5, 5.41) is 2.84. The van der Waals surface area contributed by atoms with Gasteiger partial charge in [0.25, 0.3) is 10.0 Å². The molecule has 0 aliphatic heterocycles. The van der Waals surface area contributed by atoms with Crippen LogP contribution in [-0.2, 0) is 21.2 Å². The lowest BCUT2D eigenvalue weighted by atomic mass is 10.1. The summed E-state index contributed by atoms with van der Waals surface area (Å²) in [6, 6.07) is 23.0. The van der Waals surface area contributed by atoms with Crippen molar-refractivity contribution in [2.24, 2.45) is 0 Å². The van der Waals surface area contributed by atoms with Gasteiger partial charge in [-0.1, -0.05) is 54.1 Å². The average molecular weight is 453 g/mol. The van der Waals surface area contributed by atoms with Crippen molar-refractivity contribution in [3.05, 3.63) is 90.0 Å². The van der Waals surface area contributed by atoms with E-state index in [4.69, 9.17) is 4.74 Å². The summed E-state index contributed by atoms with van der Waals surface area (Å²) in [6.45, 7) is 2.06. The van der Waals surface area contributed by atoms with Crippen LogP contribution in [0.3, 0.4) is 0 Å². The Labute approximate surface area is 189 Å². The predicted octanol–water partition coefficient (Wildman–Crippen LogP) is 3.95. The van der Waals surface area contributed by atoms with Crippen LogP contribution in [0.2, 0.25) is 0 Å². The summed E-state index contributed by atoms with van der Waals surface area (Å²) in [5.41, 5.74) is 2.52. The number of carbonyl (C=O) groups excluding carboxylic acids is 1. The number of rotatable bonds is 10. The molecule has 0 heterocycles. The molecule has 168 valence electrons. The molecular formula is C25H28N2O4S. The van der Waals surface area contributed by atoms with Crippen LogP contribution in [0.5, 0.6) is 5.75 Å². The molecule has 0 bridgehead atoms. The van der Waals surface area contributed by atoms with Crippen LogP contribution in [0.4, 0.5) is 5.69 Å². The van der Waals surface area contributed by atoms with Crippen molar-refractivity contribution in [3.8, 4) is 5.75 Å². The fourth-order valence-electron chi connectivity index (χ4n) is 3.35. The van der Waals surface area contributed by atoms with Gasteiger partial charge >= 0.3 is 0 Å². The zero-order valence-corrected chi connectivity index (χ0v) is 19.1. The number of anilines is 1. The number of nitrogens with zero attached hydrogens (tertiary/aromatic N) is 1. The highest BCUT2D eigenvalue weighted by Gasteiger charge is 2.26. The first-order valence-corrected chi connectivity index (χ1v) is 11.9. The molecule has 0 aliphatic rings. The minimum Gasteiger partial charge on any atom is -0.496 e. The standard InChI is InChI=1S/C25H28N2O4S/c1-20-14-16-22(17-15-20)27(32(29,30)23-11-4-3-5-12-23)19-25(28)26-18-8-10-21-9-6-7-13-24(21)31-2/h3-7,9,11-17H,8,10,18-19H2,1-2H3,(H,26,28). The summed E-state index contributed by atoms with van der Waals surface area (Å²) >= 11 is 0. The summed E-state index contributed by atoms with van der Waals surface area (Å²) < 4.78 is 33.0. The van der Waals surface area contributed by atoms with Crippen molar-refractivity contribution < 1.29 is 17.9 Å². The zero-order chi connectivity index (χ0) is 23.0. The number of ether oxygens (including phenoxy) is 1. The molecule has 3 aromatic rings. The Balaban J connectivity index is 1.68. The summed E-state index contributed by atoms with van der Waals surface area (Å²) in [4.78, 5) is 12.8. The van der Waals surface area contributed by atoms with E-state index in [0.717, 1.165) is 27.6 Å². The van der Waals surface area contributed by atoms with E-state index >= 15 is 0 Å². The van der Waals surface area contributed by atoms with Gasteiger partial charge in [0.05, 0.1) is 17.7 Å². The maximum atomic E-state index is 13.3. The maximum Gasteiger partial charge on any atom is 0.264 e. The second-order valence-electron chi connectivity index (χ2n) is 7.43. The lowest BCUT2D eigenvalue weighted by Crippen LogP contribution is -2.41. The van der Waals surface area contributed by atoms with E-state index in [-0.39, 0.29) is 17.3 Å². The van der Waals surface area contributed by atoms with E-state index < -0.39 is 10.0 Å². The molecule has 3 aromatic carbocycles. The summed E-state index contributed by atoms with van der Waals surface area (Å²) in [6.07, 6.45) is 1.45. The molecule has 1 amide bonds. The Morgan fingerprint density at radius 1 is 0.938 bits per heavy atom. The molecule has 3 rings (SSSR count). The molecule has 0 spiro atoms. The van der Waals surface area contributed by atoms with Crippen molar-refractivity contribution in [1.82, 2.24) is 5.32 Å². The Morgan fingerprint density at radius 2 is 1.59 bits per heavy atom. The fraction of sp³-hybridized carbons (Fsp3) is 0.240. The zero-order valence-electron chi connectivity index (χ0n) is 18.3. The molecule has 0 radical (unpaired) electrons. The molecule has 0 fully saturated rings. The normalized spacial score (nSPS) is 11.1. The van der Waals surface area contributed by atoms with Gasteiger partial charge in [-0.25, -0.2) is 8.42 Å². The van der Waals surface area contributed by atoms with Gasteiger partial charge < -0.3 is 10.1 Å². The minimum absolute atomic E-state index is 0.143. The van der Waals surface area contributed by atoms with Crippen molar-refractivity contribution in [2.75, 3.05) is 24.5 Å². The van der Waals surface area contributed by atoms with Crippen molar-refractivity contribution in [3.63, 3.8) is 0 Å². The largest absolute Gasteiger partial charge is 0.496 e. The van der Waals surface area contributed by atoms with E-state index in [1.54, 1.807) is 37.4 Å². The number of benzene rings is 3. The third-order valence-corrected chi connectivity index (χ3v) is 6.87. The molecule has 0 unspecified atom stereocenters. The Kier molecular flexibility index (Phi) is 7.89. The topological polar surface area (TPSA) is 75.7 Å².